The third-order valence-electron chi connectivity index (χ3n) is 4.25. The summed E-state index contributed by atoms with van der Waals surface area (Å²) in [6.07, 6.45) is 3.14. The fourth-order valence-corrected chi connectivity index (χ4v) is 3.08. The van der Waals surface area contributed by atoms with Crippen molar-refractivity contribution in [2.45, 2.75) is 27.7 Å². The Bertz CT molecular complexity index is 1150. The number of aromatic nitrogens is 6. The molecule has 0 bridgehead atoms. The lowest BCUT2D eigenvalue weighted by Crippen LogP contribution is -2.13. The summed E-state index contributed by atoms with van der Waals surface area (Å²) in [6.45, 7) is 7.73. The molecule has 136 valence electrons. The summed E-state index contributed by atoms with van der Waals surface area (Å²) in [5.74, 6) is 0.422. The molecule has 4 aromatic heterocycles. The van der Waals surface area contributed by atoms with Crippen molar-refractivity contribution in [2.75, 3.05) is 5.32 Å². The Hall–Kier alpha value is -3.55. The van der Waals surface area contributed by atoms with Crippen LogP contribution < -0.4 is 5.32 Å². The Balaban J connectivity index is 1.59. The van der Waals surface area contributed by atoms with Crippen molar-refractivity contribution in [1.82, 2.24) is 29.4 Å². The molecule has 8 heteroatoms. The minimum absolute atomic E-state index is 0.275. The van der Waals surface area contributed by atoms with Gasteiger partial charge in [0, 0.05) is 17.1 Å². The summed E-state index contributed by atoms with van der Waals surface area (Å²) in [5.41, 5.74) is 5.24. The Morgan fingerprint density at radius 3 is 2.44 bits per heavy atom. The highest BCUT2D eigenvalue weighted by Gasteiger charge is 2.16. The van der Waals surface area contributed by atoms with Crippen molar-refractivity contribution in [3.05, 3.63) is 65.0 Å². The van der Waals surface area contributed by atoms with Crippen LogP contribution in [0.5, 0.6) is 0 Å². The summed E-state index contributed by atoms with van der Waals surface area (Å²) in [4.78, 5) is 21.5. The summed E-state index contributed by atoms with van der Waals surface area (Å²) in [5, 5.41) is 11.5. The predicted octanol–water partition coefficient (Wildman–Crippen LogP) is 2.80. The highest BCUT2D eigenvalue weighted by molar-refractivity contribution is 6.08. The molecule has 1 N–H and O–H groups in total. The summed E-state index contributed by atoms with van der Waals surface area (Å²) in [7, 11) is 0. The Labute approximate surface area is 155 Å². The van der Waals surface area contributed by atoms with E-state index in [2.05, 4.69) is 25.5 Å². The van der Waals surface area contributed by atoms with Crippen LogP contribution in [0.1, 0.15) is 33.1 Å². The van der Waals surface area contributed by atoms with Crippen molar-refractivity contribution in [3.63, 3.8) is 0 Å². The standard InChI is InChI=1S/C19H19N7O/c1-11-7-14(4)26-18(22-11)16(10-21-26)19(27)23-15-5-6-17(20-9-15)25-13(3)8-12(2)24-25/h5-10H,1-4H3,(H,23,27). The molecular formula is C19H19N7O. The Morgan fingerprint density at radius 1 is 1.00 bits per heavy atom. The van der Waals surface area contributed by atoms with Crippen molar-refractivity contribution in [2.24, 2.45) is 0 Å². The number of nitrogens with one attached hydrogen (secondary N) is 1. The van der Waals surface area contributed by atoms with E-state index in [1.54, 1.807) is 21.5 Å². The number of hydrogen-bond acceptors (Lipinski definition) is 5. The zero-order chi connectivity index (χ0) is 19.1. The molecular weight excluding hydrogens is 342 g/mol. The van der Waals surface area contributed by atoms with Gasteiger partial charge in [-0.3, -0.25) is 4.79 Å². The van der Waals surface area contributed by atoms with Crippen molar-refractivity contribution >= 4 is 17.2 Å². The minimum atomic E-state index is -0.275. The maximum Gasteiger partial charge on any atom is 0.261 e. The minimum Gasteiger partial charge on any atom is -0.320 e. The van der Waals surface area contributed by atoms with Crippen LogP contribution in [0.4, 0.5) is 5.69 Å². The van der Waals surface area contributed by atoms with Gasteiger partial charge in [0.05, 0.1) is 23.8 Å². The maximum absolute atomic E-state index is 12.7. The lowest BCUT2D eigenvalue weighted by Gasteiger charge is -2.07. The molecule has 4 aromatic rings. The second-order valence-corrected chi connectivity index (χ2v) is 6.53. The van der Waals surface area contributed by atoms with Gasteiger partial charge in [0.1, 0.15) is 5.56 Å². The number of carbonyl (C=O) groups is 1. The number of rotatable bonds is 3. The normalized spacial score (nSPS) is 11.1. The van der Waals surface area contributed by atoms with Gasteiger partial charge in [0.2, 0.25) is 0 Å². The van der Waals surface area contributed by atoms with Gasteiger partial charge in [-0.05, 0) is 52.0 Å². The zero-order valence-electron chi connectivity index (χ0n) is 15.6. The molecule has 27 heavy (non-hydrogen) atoms. The predicted molar refractivity (Wildman–Crippen MR) is 101 cm³/mol. The molecule has 0 aromatic carbocycles. The van der Waals surface area contributed by atoms with Crippen molar-refractivity contribution in [1.29, 1.82) is 0 Å². The SMILES string of the molecule is Cc1cc(C)n2ncc(C(=O)Nc3ccc(-n4nc(C)cc4C)nc3)c2n1. The smallest absolute Gasteiger partial charge is 0.261 e. The first-order valence-corrected chi connectivity index (χ1v) is 8.55. The number of aryl methyl sites for hydroxylation is 4. The zero-order valence-corrected chi connectivity index (χ0v) is 15.6. The molecule has 0 saturated heterocycles. The van der Waals surface area contributed by atoms with E-state index in [1.807, 2.05) is 45.9 Å². The largest absolute Gasteiger partial charge is 0.320 e. The number of carbonyl (C=O) groups excluding carboxylic acids is 1. The number of pyridine rings is 1. The van der Waals surface area contributed by atoms with E-state index in [0.29, 0.717) is 22.7 Å². The second kappa shape index (κ2) is 6.31. The Kier molecular flexibility index (Phi) is 3.95. The first-order valence-electron chi connectivity index (χ1n) is 8.55. The van der Waals surface area contributed by atoms with Crippen LogP contribution in [-0.2, 0) is 0 Å². The van der Waals surface area contributed by atoms with Crippen LogP contribution in [0, 0.1) is 27.7 Å². The lowest BCUT2D eigenvalue weighted by molar-refractivity contribution is 0.102. The molecule has 0 atom stereocenters. The van der Waals surface area contributed by atoms with Gasteiger partial charge < -0.3 is 5.32 Å². The van der Waals surface area contributed by atoms with Gasteiger partial charge in [-0.1, -0.05) is 0 Å². The van der Waals surface area contributed by atoms with E-state index in [9.17, 15) is 4.79 Å². The molecule has 0 saturated carbocycles. The molecule has 1 amide bonds. The van der Waals surface area contributed by atoms with E-state index in [-0.39, 0.29) is 5.91 Å². The first-order chi connectivity index (χ1) is 12.9. The third kappa shape index (κ3) is 3.05. The fraction of sp³-hybridized carbons (Fsp3) is 0.211. The monoisotopic (exact) mass is 361 g/mol. The van der Waals surface area contributed by atoms with Gasteiger partial charge in [-0.25, -0.2) is 19.2 Å². The molecule has 0 aliphatic heterocycles. The highest BCUT2D eigenvalue weighted by atomic mass is 16.1. The van der Waals surface area contributed by atoms with E-state index in [4.69, 9.17) is 0 Å². The third-order valence-corrected chi connectivity index (χ3v) is 4.25. The van der Waals surface area contributed by atoms with E-state index >= 15 is 0 Å². The van der Waals surface area contributed by atoms with Crippen LogP contribution in [0.3, 0.4) is 0 Å². The van der Waals surface area contributed by atoms with Crippen molar-refractivity contribution < 1.29 is 4.79 Å². The van der Waals surface area contributed by atoms with Crippen LogP contribution in [-0.4, -0.2) is 35.3 Å². The summed E-state index contributed by atoms with van der Waals surface area (Å²) < 4.78 is 3.42. The van der Waals surface area contributed by atoms with E-state index < -0.39 is 0 Å². The van der Waals surface area contributed by atoms with Gasteiger partial charge in [-0.15, -0.1) is 0 Å². The van der Waals surface area contributed by atoms with Crippen LogP contribution in [0.15, 0.2) is 36.7 Å². The Morgan fingerprint density at radius 2 is 1.78 bits per heavy atom. The van der Waals surface area contributed by atoms with Gasteiger partial charge >= 0.3 is 0 Å². The van der Waals surface area contributed by atoms with Crippen molar-refractivity contribution in [3.8, 4) is 5.82 Å². The van der Waals surface area contributed by atoms with Gasteiger partial charge in [0.15, 0.2) is 11.5 Å². The molecule has 0 aliphatic rings. The molecule has 8 nitrogen and oxygen atoms in total. The summed E-state index contributed by atoms with van der Waals surface area (Å²) >= 11 is 0. The average Bonchev–Trinajstić information content (AvgIpc) is 3.18. The van der Waals surface area contributed by atoms with E-state index in [1.165, 1.54) is 6.20 Å². The second-order valence-electron chi connectivity index (χ2n) is 6.53. The number of hydrogen-bond donors (Lipinski definition) is 1. The number of fused-ring (bicyclic) bond motifs is 1. The highest BCUT2D eigenvalue weighted by Crippen LogP contribution is 2.16. The fourth-order valence-electron chi connectivity index (χ4n) is 3.08. The molecule has 4 heterocycles. The topological polar surface area (TPSA) is 90.0 Å². The maximum atomic E-state index is 12.7. The van der Waals surface area contributed by atoms with Crippen LogP contribution in [0.25, 0.3) is 11.5 Å². The molecule has 0 aliphatic carbocycles. The molecule has 4 rings (SSSR count). The molecule has 0 unspecified atom stereocenters. The quantitative estimate of drug-likeness (QED) is 0.606. The lowest BCUT2D eigenvalue weighted by atomic mass is 10.3. The van der Waals surface area contributed by atoms with Crippen LogP contribution in [0.2, 0.25) is 0 Å². The summed E-state index contributed by atoms with van der Waals surface area (Å²) in [6, 6.07) is 7.52. The number of anilines is 1. The van der Waals surface area contributed by atoms with E-state index in [0.717, 1.165) is 22.8 Å². The molecule has 0 radical (unpaired) electrons. The van der Waals surface area contributed by atoms with Crippen LogP contribution >= 0.6 is 0 Å². The average molecular weight is 361 g/mol. The number of nitrogens with zero attached hydrogens (tertiary/aromatic N) is 6. The first kappa shape index (κ1) is 16.9. The van der Waals surface area contributed by atoms with Gasteiger partial charge in [0.25, 0.3) is 5.91 Å². The molecule has 0 fully saturated rings. The van der Waals surface area contributed by atoms with Gasteiger partial charge in [-0.2, -0.15) is 10.2 Å². The number of amides is 1. The molecule has 0 spiro atoms.